The Bertz CT molecular complexity index is 300. The molecule has 78 valence electrons. The lowest BCUT2D eigenvalue weighted by Gasteiger charge is -2.14. The van der Waals surface area contributed by atoms with Crippen molar-refractivity contribution in [1.82, 2.24) is 14.8 Å². The van der Waals surface area contributed by atoms with Gasteiger partial charge >= 0.3 is 0 Å². The molecule has 0 aliphatic carbocycles. The van der Waals surface area contributed by atoms with Crippen molar-refractivity contribution in [2.45, 2.75) is 32.6 Å². The van der Waals surface area contributed by atoms with Gasteiger partial charge in [-0.1, -0.05) is 0 Å². The number of aliphatic hydroxyl groups excluding tert-OH is 1. The van der Waals surface area contributed by atoms with Crippen LogP contribution in [-0.2, 0) is 17.9 Å². The standard InChI is InChI=1S/C9H15N3O2/c1-7-8(2-3-14-7)4-12-6-10-11-9(12)5-13/h6-8,13H,2-5H2,1H3. The quantitative estimate of drug-likeness (QED) is 0.751. The Kier molecular flexibility index (Phi) is 2.79. The van der Waals surface area contributed by atoms with Crippen LogP contribution in [0.15, 0.2) is 6.33 Å². The Balaban J connectivity index is 2.02. The molecule has 0 aromatic carbocycles. The average molecular weight is 197 g/mol. The number of aromatic nitrogens is 3. The zero-order chi connectivity index (χ0) is 9.97. The van der Waals surface area contributed by atoms with Crippen molar-refractivity contribution in [2.24, 2.45) is 5.92 Å². The van der Waals surface area contributed by atoms with Crippen LogP contribution in [0.5, 0.6) is 0 Å². The molecule has 1 aliphatic heterocycles. The first kappa shape index (κ1) is 9.61. The molecule has 1 fully saturated rings. The number of ether oxygens (including phenoxy) is 1. The molecule has 5 nitrogen and oxygen atoms in total. The first-order chi connectivity index (χ1) is 6.81. The van der Waals surface area contributed by atoms with Gasteiger partial charge < -0.3 is 14.4 Å². The molecule has 5 heteroatoms. The molecule has 1 N–H and O–H groups in total. The van der Waals surface area contributed by atoms with E-state index in [1.807, 2.05) is 4.57 Å². The molecule has 0 radical (unpaired) electrons. The number of rotatable bonds is 3. The summed E-state index contributed by atoms with van der Waals surface area (Å²) in [6.45, 7) is 3.70. The van der Waals surface area contributed by atoms with E-state index in [0.717, 1.165) is 19.6 Å². The zero-order valence-corrected chi connectivity index (χ0v) is 8.26. The van der Waals surface area contributed by atoms with Gasteiger partial charge in [-0.15, -0.1) is 10.2 Å². The molecule has 1 aliphatic rings. The van der Waals surface area contributed by atoms with E-state index >= 15 is 0 Å². The minimum atomic E-state index is -0.0536. The summed E-state index contributed by atoms with van der Waals surface area (Å²) in [7, 11) is 0. The molecule has 2 atom stereocenters. The molecule has 0 bridgehead atoms. The molecule has 2 rings (SSSR count). The second-order valence-electron chi connectivity index (χ2n) is 3.68. The van der Waals surface area contributed by atoms with Gasteiger partial charge in [-0.3, -0.25) is 0 Å². The van der Waals surface area contributed by atoms with E-state index in [-0.39, 0.29) is 6.61 Å². The van der Waals surface area contributed by atoms with Crippen LogP contribution < -0.4 is 0 Å². The Labute approximate surface area is 82.7 Å². The highest BCUT2D eigenvalue weighted by molar-refractivity contribution is 4.85. The summed E-state index contributed by atoms with van der Waals surface area (Å²) in [5.41, 5.74) is 0. The maximum Gasteiger partial charge on any atom is 0.158 e. The minimum absolute atomic E-state index is 0.0536. The van der Waals surface area contributed by atoms with Gasteiger partial charge in [0, 0.05) is 19.1 Å². The van der Waals surface area contributed by atoms with Crippen LogP contribution in [0.2, 0.25) is 0 Å². The van der Waals surface area contributed by atoms with E-state index in [9.17, 15) is 0 Å². The Morgan fingerprint density at radius 1 is 1.71 bits per heavy atom. The lowest BCUT2D eigenvalue weighted by atomic mass is 10.0. The van der Waals surface area contributed by atoms with Crippen LogP contribution in [0, 0.1) is 5.92 Å². The normalized spacial score (nSPS) is 27.0. The molecule has 2 heterocycles. The fourth-order valence-electron chi connectivity index (χ4n) is 1.82. The van der Waals surface area contributed by atoms with E-state index in [1.165, 1.54) is 0 Å². The maximum absolute atomic E-state index is 8.99. The smallest absolute Gasteiger partial charge is 0.158 e. The highest BCUT2D eigenvalue weighted by atomic mass is 16.5. The SMILES string of the molecule is CC1OCCC1Cn1cnnc1CO. The monoisotopic (exact) mass is 197 g/mol. The molecule has 14 heavy (non-hydrogen) atoms. The van der Waals surface area contributed by atoms with Gasteiger partial charge in [-0.2, -0.15) is 0 Å². The summed E-state index contributed by atoms with van der Waals surface area (Å²) in [5, 5.41) is 16.6. The van der Waals surface area contributed by atoms with Crippen molar-refractivity contribution in [3.05, 3.63) is 12.2 Å². The van der Waals surface area contributed by atoms with Gasteiger partial charge in [-0.25, -0.2) is 0 Å². The second-order valence-corrected chi connectivity index (χ2v) is 3.68. The second kappa shape index (κ2) is 4.06. The highest BCUT2D eigenvalue weighted by Gasteiger charge is 2.25. The van der Waals surface area contributed by atoms with Gasteiger partial charge in [0.25, 0.3) is 0 Å². The van der Waals surface area contributed by atoms with Crippen molar-refractivity contribution < 1.29 is 9.84 Å². The Morgan fingerprint density at radius 3 is 3.21 bits per heavy atom. The molecule has 2 unspecified atom stereocenters. The first-order valence-electron chi connectivity index (χ1n) is 4.90. The van der Waals surface area contributed by atoms with Gasteiger partial charge in [0.15, 0.2) is 5.82 Å². The van der Waals surface area contributed by atoms with Crippen LogP contribution in [0.4, 0.5) is 0 Å². The molecular weight excluding hydrogens is 182 g/mol. The average Bonchev–Trinajstić information content (AvgIpc) is 2.77. The van der Waals surface area contributed by atoms with Crippen LogP contribution in [0.3, 0.4) is 0 Å². The van der Waals surface area contributed by atoms with E-state index in [0.29, 0.717) is 17.8 Å². The fourth-order valence-corrected chi connectivity index (χ4v) is 1.82. The summed E-state index contributed by atoms with van der Waals surface area (Å²) < 4.78 is 7.37. The van der Waals surface area contributed by atoms with Gasteiger partial charge in [0.2, 0.25) is 0 Å². The number of nitrogens with zero attached hydrogens (tertiary/aromatic N) is 3. The minimum Gasteiger partial charge on any atom is -0.388 e. The zero-order valence-electron chi connectivity index (χ0n) is 8.26. The Morgan fingerprint density at radius 2 is 2.57 bits per heavy atom. The Hall–Kier alpha value is -0.940. The number of aliphatic hydroxyl groups is 1. The van der Waals surface area contributed by atoms with Crippen molar-refractivity contribution in [3.63, 3.8) is 0 Å². The van der Waals surface area contributed by atoms with Crippen LogP contribution in [-0.4, -0.2) is 32.6 Å². The predicted molar refractivity (Wildman–Crippen MR) is 49.5 cm³/mol. The predicted octanol–water partition coefficient (Wildman–Crippen LogP) is 0.195. The van der Waals surface area contributed by atoms with Crippen molar-refractivity contribution in [2.75, 3.05) is 6.61 Å². The summed E-state index contributed by atoms with van der Waals surface area (Å²) >= 11 is 0. The van der Waals surface area contributed by atoms with E-state index < -0.39 is 0 Å². The van der Waals surface area contributed by atoms with Gasteiger partial charge in [-0.05, 0) is 13.3 Å². The first-order valence-corrected chi connectivity index (χ1v) is 4.90. The third-order valence-corrected chi connectivity index (χ3v) is 2.80. The molecule has 0 saturated carbocycles. The van der Waals surface area contributed by atoms with Crippen molar-refractivity contribution in [1.29, 1.82) is 0 Å². The molecule has 1 saturated heterocycles. The van der Waals surface area contributed by atoms with E-state index in [1.54, 1.807) is 6.33 Å². The fraction of sp³-hybridized carbons (Fsp3) is 0.778. The highest BCUT2D eigenvalue weighted by Crippen LogP contribution is 2.22. The maximum atomic E-state index is 8.99. The largest absolute Gasteiger partial charge is 0.388 e. The van der Waals surface area contributed by atoms with Crippen LogP contribution in [0.1, 0.15) is 19.2 Å². The molecule has 1 aromatic heterocycles. The number of hydrogen-bond acceptors (Lipinski definition) is 4. The topological polar surface area (TPSA) is 60.2 Å². The van der Waals surface area contributed by atoms with Crippen molar-refractivity contribution in [3.8, 4) is 0 Å². The lowest BCUT2D eigenvalue weighted by Crippen LogP contribution is -2.18. The molecule has 0 amide bonds. The van der Waals surface area contributed by atoms with E-state index in [4.69, 9.17) is 9.84 Å². The lowest BCUT2D eigenvalue weighted by molar-refractivity contribution is 0.101. The summed E-state index contributed by atoms with van der Waals surface area (Å²) in [5.74, 6) is 1.14. The van der Waals surface area contributed by atoms with Crippen LogP contribution in [0.25, 0.3) is 0 Å². The molecule has 0 spiro atoms. The summed E-state index contributed by atoms with van der Waals surface area (Å²) in [6, 6.07) is 0. The van der Waals surface area contributed by atoms with Gasteiger partial charge in [0.05, 0.1) is 6.10 Å². The van der Waals surface area contributed by atoms with Crippen LogP contribution >= 0.6 is 0 Å². The number of hydrogen-bond donors (Lipinski definition) is 1. The summed E-state index contributed by atoms with van der Waals surface area (Å²) in [4.78, 5) is 0. The van der Waals surface area contributed by atoms with Crippen molar-refractivity contribution >= 4 is 0 Å². The molecular formula is C9H15N3O2. The molecule has 1 aromatic rings. The summed E-state index contributed by atoms with van der Waals surface area (Å²) in [6.07, 6.45) is 3.03. The third kappa shape index (κ3) is 1.78. The third-order valence-electron chi connectivity index (χ3n) is 2.80. The van der Waals surface area contributed by atoms with Gasteiger partial charge in [0.1, 0.15) is 12.9 Å². The van der Waals surface area contributed by atoms with E-state index in [2.05, 4.69) is 17.1 Å².